The smallest absolute Gasteiger partial charge is 0.306 e. The predicted molar refractivity (Wildman–Crippen MR) is 268 cm³/mol. The first-order chi connectivity index (χ1) is 30.5. The summed E-state index contributed by atoms with van der Waals surface area (Å²) in [6.45, 7) is 6.33. The summed E-state index contributed by atoms with van der Waals surface area (Å²) in [5.74, 6) is -0.529. The first kappa shape index (κ1) is 59.3. The van der Waals surface area contributed by atoms with Gasteiger partial charge in [-0.05, 0) is 96.3 Å². The van der Waals surface area contributed by atoms with Gasteiger partial charge < -0.3 is 20.3 Å². The molecule has 3 N–H and O–H groups in total. The first-order valence-corrected chi connectivity index (χ1v) is 26.2. The van der Waals surface area contributed by atoms with Gasteiger partial charge in [-0.15, -0.1) is 0 Å². The summed E-state index contributed by atoms with van der Waals surface area (Å²) in [5.41, 5.74) is 0. The number of amides is 1. The van der Waals surface area contributed by atoms with E-state index in [1.165, 1.54) is 89.9 Å². The van der Waals surface area contributed by atoms with Crippen molar-refractivity contribution in [1.82, 2.24) is 5.32 Å². The van der Waals surface area contributed by atoms with E-state index in [0.29, 0.717) is 19.3 Å². The van der Waals surface area contributed by atoms with E-state index in [2.05, 4.69) is 99.0 Å². The molecule has 3 atom stereocenters. The van der Waals surface area contributed by atoms with Crippen LogP contribution in [0.4, 0.5) is 0 Å². The van der Waals surface area contributed by atoms with Crippen LogP contribution < -0.4 is 5.32 Å². The van der Waals surface area contributed by atoms with Crippen LogP contribution in [0.2, 0.25) is 0 Å². The molecule has 0 aromatic heterocycles. The van der Waals surface area contributed by atoms with Gasteiger partial charge in [0.2, 0.25) is 5.91 Å². The van der Waals surface area contributed by atoms with Crippen LogP contribution in [0.3, 0.4) is 0 Å². The zero-order valence-electron chi connectivity index (χ0n) is 40.7. The summed E-state index contributed by atoms with van der Waals surface area (Å²) >= 11 is 0. The molecule has 358 valence electrons. The van der Waals surface area contributed by atoms with Crippen LogP contribution >= 0.6 is 0 Å². The number of hydrogen-bond donors (Lipinski definition) is 3. The van der Waals surface area contributed by atoms with Crippen LogP contribution in [0.15, 0.2) is 72.9 Å². The Labute approximate surface area is 383 Å². The fraction of sp³-hybridized carbons (Fsp3) is 0.750. The van der Waals surface area contributed by atoms with Crippen molar-refractivity contribution >= 4 is 11.9 Å². The predicted octanol–water partition coefficient (Wildman–Crippen LogP) is 15.8. The number of aliphatic hydroxyl groups is 2. The van der Waals surface area contributed by atoms with E-state index < -0.39 is 18.2 Å². The van der Waals surface area contributed by atoms with E-state index in [1.807, 2.05) is 0 Å². The lowest BCUT2D eigenvalue weighted by atomic mass is 10.0. The van der Waals surface area contributed by atoms with Crippen molar-refractivity contribution in [3.05, 3.63) is 72.9 Å². The number of unbranched alkanes of at least 4 members (excludes halogenated alkanes) is 22. The standard InChI is InChI=1S/C56H99NO5/c1-4-7-10-13-16-19-22-24-26-27-28-29-30-32-34-37-40-43-46-49-56(61)62-52(47-44-41-38-35-21-18-15-12-9-6-3)50-55(60)57-53(51-58)54(59)48-45-42-39-36-33-31-25-23-20-17-14-11-8-5-2/h7,10,16,18-19,21,24,26,28-29,32,34,52-54,58-59H,4-6,8-9,11-15,17,20,22-23,25,27,30-31,33,35-51H2,1-3H3,(H,57,60)/b10-7-,19-16-,21-18-,26-24-,29-28-,34-32-. The van der Waals surface area contributed by atoms with Crippen molar-refractivity contribution in [2.45, 2.75) is 264 Å². The highest BCUT2D eigenvalue weighted by molar-refractivity contribution is 5.77. The van der Waals surface area contributed by atoms with Crippen molar-refractivity contribution in [2.24, 2.45) is 0 Å². The van der Waals surface area contributed by atoms with E-state index in [1.54, 1.807) is 0 Å². The minimum atomic E-state index is -0.799. The summed E-state index contributed by atoms with van der Waals surface area (Å²) in [7, 11) is 0. The highest BCUT2D eigenvalue weighted by Crippen LogP contribution is 2.17. The normalized spacial score (nSPS) is 13.8. The van der Waals surface area contributed by atoms with Gasteiger partial charge in [0.1, 0.15) is 6.10 Å². The molecule has 0 bridgehead atoms. The molecule has 0 rings (SSSR count). The van der Waals surface area contributed by atoms with Crippen LogP contribution in [0.25, 0.3) is 0 Å². The van der Waals surface area contributed by atoms with E-state index >= 15 is 0 Å². The van der Waals surface area contributed by atoms with Crippen molar-refractivity contribution < 1.29 is 24.5 Å². The molecule has 0 aliphatic heterocycles. The zero-order chi connectivity index (χ0) is 45.2. The molecule has 6 heteroatoms. The molecule has 0 aliphatic carbocycles. The maximum atomic E-state index is 13.2. The van der Waals surface area contributed by atoms with Crippen LogP contribution in [0.1, 0.15) is 245 Å². The monoisotopic (exact) mass is 866 g/mol. The van der Waals surface area contributed by atoms with E-state index in [4.69, 9.17) is 4.74 Å². The molecule has 0 saturated carbocycles. The number of carbonyl (C=O) groups is 2. The van der Waals surface area contributed by atoms with Gasteiger partial charge >= 0.3 is 5.97 Å². The van der Waals surface area contributed by atoms with Crippen LogP contribution in [0.5, 0.6) is 0 Å². The Morgan fingerprint density at radius 1 is 0.484 bits per heavy atom. The molecule has 62 heavy (non-hydrogen) atoms. The van der Waals surface area contributed by atoms with Crippen molar-refractivity contribution in [3.8, 4) is 0 Å². The summed E-state index contributed by atoms with van der Waals surface area (Å²) in [6.07, 6.45) is 62.5. The Morgan fingerprint density at radius 3 is 1.37 bits per heavy atom. The molecular formula is C56H99NO5. The van der Waals surface area contributed by atoms with Gasteiger partial charge in [-0.1, -0.05) is 209 Å². The molecule has 0 fully saturated rings. The number of allylic oxidation sites excluding steroid dienone is 12. The van der Waals surface area contributed by atoms with Crippen LogP contribution in [-0.4, -0.2) is 46.9 Å². The second kappa shape index (κ2) is 49.3. The second-order valence-corrected chi connectivity index (χ2v) is 17.5. The summed E-state index contributed by atoms with van der Waals surface area (Å²) < 4.78 is 5.90. The Kier molecular flexibility index (Phi) is 47.2. The quantitative estimate of drug-likeness (QED) is 0.0322. The summed E-state index contributed by atoms with van der Waals surface area (Å²) in [6, 6.07) is -0.715. The van der Waals surface area contributed by atoms with Crippen molar-refractivity contribution in [3.63, 3.8) is 0 Å². The highest BCUT2D eigenvalue weighted by Gasteiger charge is 2.24. The molecule has 0 spiro atoms. The van der Waals surface area contributed by atoms with E-state index in [-0.39, 0.29) is 24.9 Å². The molecule has 1 amide bonds. The average molecular weight is 866 g/mol. The fourth-order valence-electron chi connectivity index (χ4n) is 7.57. The van der Waals surface area contributed by atoms with Gasteiger partial charge in [-0.2, -0.15) is 0 Å². The van der Waals surface area contributed by atoms with Gasteiger partial charge in [-0.25, -0.2) is 0 Å². The highest BCUT2D eigenvalue weighted by atomic mass is 16.5. The number of ether oxygens (including phenoxy) is 1. The molecular weight excluding hydrogens is 767 g/mol. The minimum absolute atomic E-state index is 0.0508. The lowest BCUT2D eigenvalue weighted by molar-refractivity contribution is -0.151. The Balaban J connectivity index is 4.56. The fourth-order valence-corrected chi connectivity index (χ4v) is 7.57. The number of aliphatic hydroxyl groups excluding tert-OH is 2. The average Bonchev–Trinajstić information content (AvgIpc) is 3.26. The van der Waals surface area contributed by atoms with Crippen LogP contribution in [-0.2, 0) is 14.3 Å². The lowest BCUT2D eigenvalue weighted by Crippen LogP contribution is -2.46. The van der Waals surface area contributed by atoms with Gasteiger partial charge in [0.15, 0.2) is 0 Å². The molecule has 0 aromatic carbocycles. The Bertz CT molecular complexity index is 1150. The van der Waals surface area contributed by atoms with E-state index in [9.17, 15) is 19.8 Å². The zero-order valence-corrected chi connectivity index (χ0v) is 40.7. The Morgan fingerprint density at radius 2 is 0.871 bits per heavy atom. The number of carbonyl (C=O) groups excluding carboxylic acids is 2. The third-order valence-corrected chi connectivity index (χ3v) is 11.5. The number of rotatable bonds is 46. The lowest BCUT2D eigenvalue weighted by Gasteiger charge is -2.24. The maximum absolute atomic E-state index is 13.2. The first-order valence-electron chi connectivity index (χ1n) is 26.2. The number of esters is 1. The number of hydrogen-bond acceptors (Lipinski definition) is 5. The van der Waals surface area contributed by atoms with E-state index in [0.717, 1.165) is 109 Å². The van der Waals surface area contributed by atoms with Gasteiger partial charge in [0.25, 0.3) is 0 Å². The SMILES string of the molecule is CC/C=C\C/C=C\C/C=C\C/C=C\C/C=C\CCCCCC(=O)OC(CCCCC/C=C\CCCCC)CC(=O)NC(CO)C(O)CCCCCCCCCCCCCCCC. The topological polar surface area (TPSA) is 95.9 Å². The van der Waals surface area contributed by atoms with Gasteiger partial charge in [0, 0.05) is 6.42 Å². The molecule has 6 nitrogen and oxygen atoms in total. The largest absolute Gasteiger partial charge is 0.462 e. The van der Waals surface area contributed by atoms with Crippen LogP contribution in [0, 0.1) is 0 Å². The molecule has 0 aliphatic rings. The minimum Gasteiger partial charge on any atom is -0.462 e. The molecule has 0 aromatic rings. The summed E-state index contributed by atoms with van der Waals surface area (Å²) in [4.78, 5) is 26.1. The molecule has 0 radical (unpaired) electrons. The van der Waals surface area contributed by atoms with Gasteiger partial charge in [-0.3, -0.25) is 9.59 Å². The van der Waals surface area contributed by atoms with Crippen molar-refractivity contribution in [2.75, 3.05) is 6.61 Å². The third kappa shape index (κ3) is 43.9. The third-order valence-electron chi connectivity index (χ3n) is 11.5. The molecule has 0 saturated heterocycles. The maximum Gasteiger partial charge on any atom is 0.306 e. The van der Waals surface area contributed by atoms with Crippen molar-refractivity contribution in [1.29, 1.82) is 0 Å². The Hall–Kier alpha value is -2.70. The van der Waals surface area contributed by atoms with Gasteiger partial charge in [0.05, 0.1) is 25.2 Å². The molecule has 0 heterocycles. The molecule has 3 unspecified atom stereocenters. The second-order valence-electron chi connectivity index (χ2n) is 17.5. The summed E-state index contributed by atoms with van der Waals surface area (Å²) in [5, 5.41) is 23.8. The number of nitrogens with one attached hydrogen (secondary N) is 1.